The summed E-state index contributed by atoms with van der Waals surface area (Å²) >= 11 is 0. The van der Waals surface area contributed by atoms with Crippen LogP contribution >= 0.6 is 0 Å². The molecule has 3 heteroatoms. The first-order chi connectivity index (χ1) is 9.60. The number of pyridine rings is 1. The average molecular weight is 270 g/mol. The third kappa shape index (κ3) is 3.58. The molecular formula is C17H22N2O. The summed E-state index contributed by atoms with van der Waals surface area (Å²) in [6.07, 6.45) is 0. The van der Waals surface area contributed by atoms with Crippen LogP contribution < -0.4 is 10.1 Å². The van der Waals surface area contributed by atoms with E-state index >= 15 is 0 Å². The lowest BCUT2D eigenvalue weighted by Gasteiger charge is -2.12. The normalized spacial score (nSPS) is 10.8. The number of benzene rings is 1. The van der Waals surface area contributed by atoms with Crippen LogP contribution in [0.15, 0.2) is 36.4 Å². The second-order valence-corrected chi connectivity index (χ2v) is 5.28. The quantitative estimate of drug-likeness (QED) is 0.891. The topological polar surface area (TPSA) is 34.1 Å². The molecule has 0 radical (unpaired) electrons. The van der Waals surface area contributed by atoms with Gasteiger partial charge in [-0.25, -0.2) is 4.98 Å². The minimum atomic E-state index is 0.488. The fourth-order valence-corrected chi connectivity index (χ4v) is 1.99. The van der Waals surface area contributed by atoms with Crippen LogP contribution in [0, 0.1) is 6.92 Å². The van der Waals surface area contributed by atoms with Crippen molar-refractivity contribution < 1.29 is 4.74 Å². The van der Waals surface area contributed by atoms with Gasteiger partial charge in [0.25, 0.3) is 0 Å². The van der Waals surface area contributed by atoms with Gasteiger partial charge >= 0.3 is 0 Å². The SMILES string of the molecule is CNCc1cccc(Oc2cc(C(C)C)ccc2C)n1. The van der Waals surface area contributed by atoms with Gasteiger partial charge in [0.2, 0.25) is 5.88 Å². The summed E-state index contributed by atoms with van der Waals surface area (Å²) in [7, 11) is 1.91. The molecule has 0 amide bonds. The van der Waals surface area contributed by atoms with E-state index in [-0.39, 0.29) is 0 Å². The summed E-state index contributed by atoms with van der Waals surface area (Å²) < 4.78 is 5.95. The molecule has 106 valence electrons. The van der Waals surface area contributed by atoms with Crippen LogP contribution in [0.25, 0.3) is 0 Å². The third-order valence-corrected chi connectivity index (χ3v) is 3.23. The van der Waals surface area contributed by atoms with E-state index in [1.807, 2.05) is 25.2 Å². The van der Waals surface area contributed by atoms with Gasteiger partial charge in [0.05, 0.1) is 5.69 Å². The van der Waals surface area contributed by atoms with Crippen LogP contribution in [0.4, 0.5) is 0 Å². The summed E-state index contributed by atoms with van der Waals surface area (Å²) in [6, 6.07) is 12.2. The third-order valence-electron chi connectivity index (χ3n) is 3.23. The van der Waals surface area contributed by atoms with Crippen LogP contribution in [0.3, 0.4) is 0 Å². The molecule has 0 aliphatic heterocycles. The van der Waals surface area contributed by atoms with Crippen LogP contribution in [0.2, 0.25) is 0 Å². The van der Waals surface area contributed by atoms with Crippen LogP contribution in [-0.2, 0) is 6.54 Å². The first-order valence-electron chi connectivity index (χ1n) is 6.99. The van der Waals surface area contributed by atoms with Gasteiger partial charge in [-0.15, -0.1) is 0 Å². The van der Waals surface area contributed by atoms with E-state index in [2.05, 4.69) is 49.3 Å². The molecule has 0 aliphatic carbocycles. The average Bonchev–Trinajstić information content (AvgIpc) is 2.42. The molecule has 3 nitrogen and oxygen atoms in total. The molecule has 0 aliphatic rings. The summed E-state index contributed by atoms with van der Waals surface area (Å²) in [5, 5.41) is 3.09. The van der Waals surface area contributed by atoms with Gasteiger partial charge in [-0.05, 0) is 43.1 Å². The molecule has 20 heavy (non-hydrogen) atoms. The summed E-state index contributed by atoms with van der Waals surface area (Å²) in [4.78, 5) is 4.49. The fraction of sp³-hybridized carbons (Fsp3) is 0.353. The molecule has 2 rings (SSSR count). The number of hydrogen-bond acceptors (Lipinski definition) is 3. The van der Waals surface area contributed by atoms with Crippen molar-refractivity contribution in [3.63, 3.8) is 0 Å². The largest absolute Gasteiger partial charge is 0.439 e. The van der Waals surface area contributed by atoms with Gasteiger partial charge in [-0.3, -0.25) is 0 Å². The summed E-state index contributed by atoms with van der Waals surface area (Å²) in [6.45, 7) is 7.15. The predicted molar refractivity (Wildman–Crippen MR) is 82.3 cm³/mol. The van der Waals surface area contributed by atoms with Gasteiger partial charge in [-0.2, -0.15) is 0 Å². The Morgan fingerprint density at radius 2 is 2.00 bits per heavy atom. The number of nitrogens with zero attached hydrogens (tertiary/aromatic N) is 1. The zero-order valence-electron chi connectivity index (χ0n) is 12.6. The molecule has 0 bridgehead atoms. The first-order valence-corrected chi connectivity index (χ1v) is 6.99. The Morgan fingerprint density at radius 3 is 2.70 bits per heavy atom. The van der Waals surface area contributed by atoms with E-state index in [1.165, 1.54) is 5.56 Å². The van der Waals surface area contributed by atoms with Crippen LogP contribution in [-0.4, -0.2) is 12.0 Å². The molecule has 0 unspecified atom stereocenters. The first kappa shape index (κ1) is 14.5. The highest BCUT2D eigenvalue weighted by Crippen LogP contribution is 2.27. The molecule has 1 N–H and O–H groups in total. The molecule has 1 aromatic carbocycles. The number of aromatic nitrogens is 1. The van der Waals surface area contributed by atoms with Gasteiger partial charge < -0.3 is 10.1 Å². The minimum Gasteiger partial charge on any atom is -0.439 e. The monoisotopic (exact) mass is 270 g/mol. The number of aryl methyl sites for hydroxylation is 1. The van der Waals surface area contributed by atoms with Gasteiger partial charge in [0, 0.05) is 12.6 Å². The lowest BCUT2D eigenvalue weighted by Crippen LogP contribution is -2.07. The fourth-order valence-electron chi connectivity index (χ4n) is 1.99. The van der Waals surface area contributed by atoms with E-state index in [0.29, 0.717) is 11.8 Å². The number of ether oxygens (including phenoxy) is 1. The Kier molecular flexibility index (Phi) is 4.74. The summed E-state index contributed by atoms with van der Waals surface area (Å²) in [5.74, 6) is 2.01. The van der Waals surface area contributed by atoms with Crippen molar-refractivity contribution in [2.45, 2.75) is 33.2 Å². The van der Waals surface area contributed by atoms with Crippen molar-refractivity contribution in [2.75, 3.05) is 7.05 Å². The van der Waals surface area contributed by atoms with E-state index in [0.717, 1.165) is 23.6 Å². The molecule has 1 aromatic heterocycles. The highest BCUT2D eigenvalue weighted by Gasteiger charge is 2.07. The molecular weight excluding hydrogens is 248 g/mol. The zero-order valence-corrected chi connectivity index (χ0v) is 12.6. The zero-order chi connectivity index (χ0) is 14.5. The maximum Gasteiger partial charge on any atom is 0.219 e. The van der Waals surface area contributed by atoms with Gasteiger partial charge in [0.1, 0.15) is 5.75 Å². The number of hydrogen-bond donors (Lipinski definition) is 1. The number of nitrogens with one attached hydrogen (secondary N) is 1. The van der Waals surface area contributed by atoms with Crippen LogP contribution in [0.5, 0.6) is 11.6 Å². The highest BCUT2D eigenvalue weighted by molar-refractivity contribution is 5.39. The van der Waals surface area contributed by atoms with E-state index in [1.54, 1.807) is 0 Å². The van der Waals surface area contributed by atoms with Crippen molar-refractivity contribution in [3.05, 3.63) is 53.2 Å². The minimum absolute atomic E-state index is 0.488. The van der Waals surface area contributed by atoms with Crippen molar-refractivity contribution in [2.24, 2.45) is 0 Å². The van der Waals surface area contributed by atoms with Gasteiger partial charge in [0.15, 0.2) is 0 Å². The standard InChI is InChI=1S/C17H22N2O/c1-12(2)14-9-8-13(3)16(10-14)20-17-7-5-6-15(19-17)11-18-4/h5-10,12,18H,11H2,1-4H3. The van der Waals surface area contributed by atoms with E-state index < -0.39 is 0 Å². The Hall–Kier alpha value is -1.87. The van der Waals surface area contributed by atoms with Crippen molar-refractivity contribution in [1.82, 2.24) is 10.3 Å². The number of rotatable bonds is 5. The predicted octanol–water partition coefficient (Wildman–Crippen LogP) is 4.03. The molecule has 1 heterocycles. The van der Waals surface area contributed by atoms with E-state index in [9.17, 15) is 0 Å². The summed E-state index contributed by atoms with van der Waals surface area (Å²) in [5.41, 5.74) is 3.37. The molecule has 2 aromatic rings. The Balaban J connectivity index is 2.25. The Morgan fingerprint density at radius 1 is 1.20 bits per heavy atom. The van der Waals surface area contributed by atoms with Gasteiger partial charge in [-0.1, -0.05) is 32.0 Å². The van der Waals surface area contributed by atoms with Crippen molar-refractivity contribution >= 4 is 0 Å². The van der Waals surface area contributed by atoms with Crippen LogP contribution in [0.1, 0.15) is 36.6 Å². The van der Waals surface area contributed by atoms with E-state index in [4.69, 9.17) is 4.74 Å². The van der Waals surface area contributed by atoms with Crippen molar-refractivity contribution in [3.8, 4) is 11.6 Å². The lowest BCUT2D eigenvalue weighted by molar-refractivity contribution is 0.455. The molecule has 0 saturated carbocycles. The lowest BCUT2D eigenvalue weighted by atomic mass is 10.0. The Bertz CT molecular complexity index is 579. The maximum atomic E-state index is 5.95. The Labute approximate surface area is 121 Å². The van der Waals surface area contributed by atoms with Crippen molar-refractivity contribution in [1.29, 1.82) is 0 Å². The maximum absolute atomic E-state index is 5.95. The molecule has 0 fully saturated rings. The second kappa shape index (κ2) is 6.53. The molecule has 0 atom stereocenters. The molecule has 0 spiro atoms. The molecule has 0 saturated heterocycles. The highest BCUT2D eigenvalue weighted by atomic mass is 16.5. The second-order valence-electron chi connectivity index (χ2n) is 5.28. The smallest absolute Gasteiger partial charge is 0.219 e.